The van der Waals surface area contributed by atoms with E-state index < -0.39 is 6.10 Å². The van der Waals surface area contributed by atoms with Gasteiger partial charge in [0.25, 0.3) is 0 Å². The largest absolute Gasteiger partial charge is 0.391 e. The van der Waals surface area contributed by atoms with E-state index in [0.29, 0.717) is 0 Å². The molecule has 4 nitrogen and oxygen atoms in total. The first-order valence-corrected chi connectivity index (χ1v) is 4.56. The fourth-order valence-corrected chi connectivity index (χ4v) is 1.59. The van der Waals surface area contributed by atoms with Gasteiger partial charge >= 0.3 is 0 Å². The van der Waals surface area contributed by atoms with Crippen molar-refractivity contribution < 1.29 is 14.7 Å². The molecule has 2 atom stereocenters. The van der Waals surface area contributed by atoms with Gasteiger partial charge in [-0.3, -0.25) is 9.59 Å². The Kier molecular flexibility index (Phi) is 3.42. The smallest absolute Gasteiger partial charge is 0.227 e. The number of amides is 1. The van der Waals surface area contributed by atoms with Crippen LogP contribution in [0.5, 0.6) is 0 Å². The van der Waals surface area contributed by atoms with E-state index in [2.05, 4.69) is 5.32 Å². The van der Waals surface area contributed by atoms with Crippen LogP contribution in [-0.2, 0) is 9.59 Å². The second-order valence-corrected chi connectivity index (χ2v) is 3.55. The number of ketones is 1. The Labute approximate surface area is 77.3 Å². The van der Waals surface area contributed by atoms with E-state index in [0.717, 1.165) is 19.3 Å². The van der Waals surface area contributed by atoms with Gasteiger partial charge in [0.1, 0.15) is 5.78 Å². The van der Waals surface area contributed by atoms with Gasteiger partial charge in [0, 0.05) is 0 Å². The molecular weight excluding hydrogens is 170 g/mol. The lowest BCUT2D eigenvalue weighted by molar-refractivity contribution is -0.128. The Hall–Kier alpha value is -0.900. The van der Waals surface area contributed by atoms with Crippen LogP contribution < -0.4 is 5.32 Å². The fraction of sp³-hybridized carbons (Fsp3) is 0.778. The Morgan fingerprint density at radius 3 is 2.62 bits per heavy atom. The highest BCUT2D eigenvalue weighted by molar-refractivity contribution is 5.96. The summed E-state index contributed by atoms with van der Waals surface area (Å²) in [4.78, 5) is 21.7. The van der Waals surface area contributed by atoms with E-state index in [1.165, 1.54) is 6.92 Å². The average Bonchev–Trinajstić information content (AvgIpc) is 2.34. The minimum absolute atomic E-state index is 0.0801. The minimum atomic E-state index is -0.434. The molecule has 0 aromatic rings. The maximum absolute atomic E-state index is 11.1. The number of hydrogen-bond acceptors (Lipinski definition) is 3. The zero-order valence-corrected chi connectivity index (χ0v) is 7.75. The van der Waals surface area contributed by atoms with Crippen molar-refractivity contribution in [1.29, 1.82) is 0 Å². The molecule has 1 fully saturated rings. The SMILES string of the molecule is CC(=O)CC(=O)NC1CCCC1O. The highest BCUT2D eigenvalue weighted by Crippen LogP contribution is 2.18. The minimum Gasteiger partial charge on any atom is -0.391 e. The van der Waals surface area contributed by atoms with Crippen molar-refractivity contribution in [1.82, 2.24) is 5.32 Å². The molecule has 0 aromatic heterocycles. The second kappa shape index (κ2) is 4.37. The molecule has 1 rings (SSSR count). The first-order valence-electron chi connectivity index (χ1n) is 4.56. The van der Waals surface area contributed by atoms with Crippen LogP contribution in [0.2, 0.25) is 0 Å². The molecule has 0 aliphatic heterocycles. The number of rotatable bonds is 3. The number of nitrogens with one attached hydrogen (secondary N) is 1. The number of Topliss-reactive ketones (excluding diaryl/α,β-unsaturated/α-hetero) is 1. The molecule has 0 heterocycles. The summed E-state index contributed by atoms with van der Waals surface area (Å²) in [6.45, 7) is 1.38. The Balaban J connectivity index is 2.31. The van der Waals surface area contributed by atoms with Gasteiger partial charge in [-0.1, -0.05) is 0 Å². The molecule has 2 unspecified atom stereocenters. The lowest BCUT2D eigenvalue weighted by Gasteiger charge is -2.15. The highest BCUT2D eigenvalue weighted by Gasteiger charge is 2.26. The number of aliphatic hydroxyl groups excluding tert-OH is 1. The van der Waals surface area contributed by atoms with Gasteiger partial charge < -0.3 is 10.4 Å². The molecule has 0 bridgehead atoms. The van der Waals surface area contributed by atoms with Gasteiger partial charge in [-0.15, -0.1) is 0 Å². The number of aliphatic hydroxyl groups is 1. The molecular formula is C9H15NO3. The van der Waals surface area contributed by atoms with Crippen LogP contribution in [0.4, 0.5) is 0 Å². The number of hydrogen-bond donors (Lipinski definition) is 2. The van der Waals surface area contributed by atoms with E-state index in [1.807, 2.05) is 0 Å². The molecule has 1 aliphatic rings. The van der Waals surface area contributed by atoms with Crippen LogP contribution in [0.1, 0.15) is 32.6 Å². The van der Waals surface area contributed by atoms with Gasteiger partial charge in [-0.05, 0) is 26.2 Å². The molecule has 0 spiro atoms. The zero-order chi connectivity index (χ0) is 9.84. The summed E-state index contributed by atoms with van der Waals surface area (Å²) >= 11 is 0. The van der Waals surface area contributed by atoms with Crippen molar-refractivity contribution in [3.8, 4) is 0 Å². The van der Waals surface area contributed by atoms with Crippen LogP contribution in [0.3, 0.4) is 0 Å². The highest BCUT2D eigenvalue weighted by atomic mass is 16.3. The Morgan fingerprint density at radius 2 is 2.15 bits per heavy atom. The first kappa shape index (κ1) is 10.2. The quantitative estimate of drug-likeness (QED) is 0.608. The molecule has 13 heavy (non-hydrogen) atoms. The molecule has 2 N–H and O–H groups in total. The van der Waals surface area contributed by atoms with Gasteiger partial charge in [0.2, 0.25) is 5.91 Å². The summed E-state index contributed by atoms with van der Waals surface area (Å²) in [6, 6.07) is -0.146. The maximum Gasteiger partial charge on any atom is 0.227 e. The van der Waals surface area contributed by atoms with E-state index in [1.54, 1.807) is 0 Å². The van der Waals surface area contributed by atoms with E-state index in [-0.39, 0.29) is 24.2 Å². The molecule has 1 saturated carbocycles. The molecule has 0 aromatic carbocycles. The Bertz CT molecular complexity index is 215. The lowest BCUT2D eigenvalue weighted by Crippen LogP contribution is -2.40. The van der Waals surface area contributed by atoms with E-state index in [9.17, 15) is 14.7 Å². The molecule has 74 valence electrons. The van der Waals surface area contributed by atoms with Crippen LogP contribution in [0.15, 0.2) is 0 Å². The maximum atomic E-state index is 11.1. The first-order chi connectivity index (χ1) is 6.09. The fourth-order valence-electron chi connectivity index (χ4n) is 1.59. The third-order valence-corrected chi connectivity index (χ3v) is 2.24. The van der Waals surface area contributed by atoms with Crippen molar-refractivity contribution in [2.45, 2.75) is 44.8 Å². The number of carbonyl (C=O) groups excluding carboxylic acids is 2. The van der Waals surface area contributed by atoms with E-state index >= 15 is 0 Å². The van der Waals surface area contributed by atoms with Crippen LogP contribution >= 0.6 is 0 Å². The average molecular weight is 185 g/mol. The van der Waals surface area contributed by atoms with Crippen LogP contribution in [0, 0.1) is 0 Å². The van der Waals surface area contributed by atoms with E-state index in [4.69, 9.17) is 0 Å². The summed E-state index contributed by atoms with van der Waals surface area (Å²) < 4.78 is 0. The summed E-state index contributed by atoms with van der Waals surface area (Å²) in [5, 5.41) is 12.0. The summed E-state index contributed by atoms with van der Waals surface area (Å²) in [7, 11) is 0. The third-order valence-electron chi connectivity index (χ3n) is 2.24. The second-order valence-electron chi connectivity index (χ2n) is 3.55. The Morgan fingerprint density at radius 1 is 1.46 bits per heavy atom. The van der Waals surface area contributed by atoms with Gasteiger partial charge in [-0.25, -0.2) is 0 Å². The molecule has 1 amide bonds. The lowest BCUT2D eigenvalue weighted by atomic mass is 10.2. The number of carbonyl (C=O) groups is 2. The molecule has 0 saturated heterocycles. The van der Waals surface area contributed by atoms with Crippen LogP contribution in [0.25, 0.3) is 0 Å². The topological polar surface area (TPSA) is 66.4 Å². The van der Waals surface area contributed by atoms with Crippen molar-refractivity contribution in [2.75, 3.05) is 0 Å². The summed E-state index contributed by atoms with van der Waals surface area (Å²) in [6.07, 6.45) is 1.97. The van der Waals surface area contributed by atoms with Crippen molar-refractivity contribution >= 4 is 11.7 Å². The molecule has 0 radical (unpaired) electrons. The zero-order valence-electron chi connectivity index (χ0n) is 7.75. The predicted octanol–water partition coefficient (Wildman–Crippen LogP) is -0.00490. The molecule has 4 heteroatoms. The summed E-state index contributed by atoms with van der Waals surface area (Å²) in [5.41, 5.74) is 0. The van der Waals surface area contributed by atoms with Gasteiger partial charge in [0.15, 0.2) is 0 Å². The van der Waals surface area contributed by atoms with Crippen molar-refractivity contribution in [3.05, 3.63) is 0 Å². The van der Waals surface area contributed by atoms with Crippen molar-refractivity contribution in [2.24, 2.45) is 0 Å². The predicted molar refractivity (Wildman–Crippen MR) is 47.1 cm³/mol. The molecule has 1 aliphatic carbocycles. The third kappa shape index (κ3) is 3.14. The van der Waals surface area contributed by atoms with Crippen LogP contribution in [-0.4, -0.2) is 28.9 Å². The van der Waals surface area contributed by atoms with Crippen molar-refractivity contribution in [3.63, 3.8) is 0 Å². The summed E-state index contributed by atoms with van der Waals surface area (Å²) in [5.74, 6) is -0.427. The normalized spacial score (nSPS) is 27.2. The van der Waals surface area contributed by atoms with Gasteiger partial charge in [-0.2, -0.15) is 0 Å². The standard InChI is InChI=1S/C9H15NO3/c1-6(11)5-9(13)10-7-3-2-4-8(7)12/h7-8,12H,2-5H2,1H3,(H,10,13). The monoisotopic (exact) mass is 185 g/mol. The van der Waals surface area contributed by atoms with Gasteiger partial charge in [0.05, 0.1) is 18.6 Å².